The second-order valence-electron chi connectivity index (χ2n) is 4.47. The molecular weight excluding hydrogens is 176 g/mol. The molecule has 80 valence electrons. The zero-order valence-electron chi connectivity index (χ0n) is 9.79. The Morgan fingerprint density at radius 3 is 2.21 bits per heavy atom. The fourth-order valence-electron chi connectivity index (χ4n) is 1.32. The van der Waals surface area contributed by atoms with Crippen LogP contribution in [0.25, 0.3) is 0 Å². The Labute approximate surface area is 86.1 Å². The number of hydrogen-bond acceptors (Lipinski definition) is 3. The molecule has 1 aromatic heterocycles. The summed E-state index contributed by atoms with van der Waals surface area (Å²) in [5.74, 6) is 1.89. The van der Waals surface area contributed by atoms with Gasteiger partial charge in [0.2, 0.25) is 0 Å². The maximum atomic E-state index is 5.32. The first-order chi connectivity index (χ1) is 6.49. The van der Waals surface area contributed by atoms with Crippen LogP contribution in [-0.4, -0.2) is 18.2 Å². The molecule has 14 heavy (non-hydrogen) atoms. The highest BCUT2D eigenvalue weighted by Gasteiger charge is 2.20. The van der Waals surface area contributed by atoms with Crippen LogP contribution in [0.4, 0.5) is 5.82 Å². The predicted molar refractivity (Wildman–Crippen MR) is 58.8 cm³/mol. The van der Waals surface area contributed by atoms with Gasteiger partial charge in [-0.3, -0.25) is 0 Å². The highest BCUT2D eigenvalue weighted by molar-refractivity contribution is 5.38. The van der Waals surface area contributed by atoms with Crippen LogP contribution in [0.1, 0.15) is 40.4 Å². The number of nitrogens with zero attached hydrogens (tertiary/aromatic N) is 2. The van der Waals surface area contributed by atoms with Crippen LogP contribution in [0.3, 0.4) is 0 Å². The van der Waals surface area contributed by atoms with Gasteiger partial charge < -0.3 is 9.42 Å². The van der Waals surface area contributed by atoms with Crippen molar-refractivity contribution in [1.82, 2.24) is 5.16 Å². The van der Waals surface area contributed by atoms with E-state index in [1.165, 1.54) is 0 Å². The first-order valence-corrected chi connectivity index (χ1v) is 5.21. The lowest BCUT2D eigenvalue weighted by molar-refractivity contribution is 0.329. The van der Waals surface area contributed by atoms with Crippen LogP contribution in [0.2, 0.25) is 0 Å². The minimum atomic E-state index is 0.0401. The van der Waals surface area contributed by atoms with Crippen LogP contribution in [0, 0.1) is 0 Å². The lowest BCUT2D eigenvalue weighted by atomic mass is 9.93. The standard InChI is InChI=1S/C11H20N2O/c1-6-13(7-2)10-8-9(14-12-10)11(3,4)5/h8H,6-7H2,1-5H3. The molecule has 3 heteroatoms. The van der Waals surface area contributed by atoms with Crippen LogP contribution >= 0.6 is 0 Å². The third-order valence-electron chi connectivity index (χ3n) is 2.32. The quantitative estimate of drug-likeness (QED) is 0.744. The molecule has 0 aromatic carbocycles. The Bertz CT molecular complexity index is 282. The summed E-state index contributed by atoms with van der Waals surface area (Å²) in [6, 6.07) is 2.03. The van der Waals surface area contributed by atoms with Crippen molar-refractivity contribution < 1.29 is 4.52 Å². The first-order valence-electron chi connectivity index (χ1n) is 5.21. The Morgan fingerprint density at radius 1 is 1.29 bits per heavy atom. The number of hydrogen-bond donors (Lipinski definition) is 0. The Morgan fingerprint density at radius 2 is 1.86 bits per heavy atom. The predicted octanol–water partition coefficient (Wildman–Crippen LogP) is 2.82. The molecule has 1 aromatic rings. The van der Waals surface area contributed by atoms with Gasteiger partial charge in [0.25, 0.3) is 0 Å². The second-order valence-corrected chi connectivity index (χ2v) is 4.47. The SMILES string of the molecule is CCN(CC)c1cc(C(C)(C)C)on1. The number of aromatic nitrogens is 1. The van der Waals surface area contributed by atoms with Crippen molar-refractivity contribution in [3.8, 4) is 0 Å². The van der Waals surface area contributed by atoms with Gasteiger partial charge in [0.15, 0.2) is 5.82 Å². The fourth-order valence-corrected chi connectivity index (χ4v) is 1.32. The van der Waals surface area contributed by atoms with Crippen LogP contribution in [0.15, 0.2) is 10.6 Å². The summed E-state index contributed by atoms with van der Waals surface area (Å²) in [6.45, 7) is 12.5. The smallest absolute Gasteiger partial charge is 0.172 e. The van der Waals surface area contributed by atoms with E-state index in [-0.39, 0.29) is 5.41 Å². The third-order valence-corrected chi connectivity index (χ3v) is 2.32. The Balaban J connectivity index is 2.87. The van der Waals surface area contributed by atoms with E-state index in [0.29, 0.717) is 0 Å². The Hall–Kier alpha value is -0.990. The largest absolute Gasteiger partial charge is 0.359 e. The average molecular weight is 196 g/mol. The van der Waals surface area contributed by atoms with Crippen molar-refractivity contribution in [2.24, 2.45) is 0 Å². The van der Waals surface area contributed by atoms with E-state index in [1.807, 2.05) is 6.07 Å². The fraction of sp³-hybridized carbons (Fsp3) is 0.727. The molecule has 0 spiro atoms. The lowest BCUT2D eigenvalue weighted by Crippen LogP contribution is -2.22. The van der Waals surface area contributed by atoms with Gasteiger partial charge in [0.1, 0.15) is 5.76 Å². The summed E-state index contributed by atoms with van der Waals surface area (Å²) in [7, 11) is 0. The molecular formula is C11H20N2O. The molecule has 0 bridgehead atoms. The summed E-state index contributed by atoms with van der Waals surface area (Å²) in [6.07, 6.45) is 0. The molecule has 0 N–H and O–H groups in total. The van der Waals surface area contributed by atoms with E-state index in [4.69, 9.17) is 4.52 Å². The second kappa shape index (κ2) is 4.03. The zero-order chi connectivity index (χ0) is 10.8. The minimum Gasteiger partial charge on any atom is -0.359 e. The zero-order valence-corrected chi connectivity index (χ0v) is 9.79. The van der Waals surface area contributed by atoms with E-state index in [0.717, 1.165) is 24.7 Å². The molecule has 0 aliphatic carbocycles. The Kier molecular flexibility index (Phi) is 3.19. The third kappa shape index (κ3) is 2.28. The molecule has 0 saturated carbocycles. The van der Waals surface area contributed by atoms with E-state index >= 15 is 0 Å². The van der Waals surface area contributed by atoms with Crippen molar-refractivity contribution in [1.29, 1.82) is 0 Å². The molecule has 0 fully saturated rings. The van der Waals surface area contributed by atoms with E-state index in [1.54, 1.807) is 0 Å². The van der Waals surface area contributed by atoms with Gasteiger partial charge in [-0.2, -0.15) is 0 Å². The van der Waals surface area contributed by atoms with E-state index < -0.39 is 0 Å². The van der Waals surface area contributed by atoms with Gasteiger partial charge in [-0.25, -0.2) is 0 Å². The van der Waals surface area contributed by atoms with Crippen LogP contribution in [0.5, 0.6) is 0 Å². The van der Waals surface area contributed by atoms with Crippen molar-refractivity contribution in [2.75, 3.05) is 18.0 Å². The van der Waals surface area contributed by atoms with Crippen LogP contribution < -0.4 is 4.90 Å². The highest BCUT2D eigenvalue weighted by Crippen LogP contribution is 2.25. The van der Waals surface area contributed by atoms with Gasteiger partial charge >= 0.3 is 0 Å². The molecule has 1 heterocycles. The van der Waals surface area contributed by atoms with Gasteiger partial charge in [0, 0.05) is 24.6 Å². The molecule has 0 atom stereocenters. The van der Waals surface area contributed by atoms with Gasteiger partial charge in [-0.1, -0.05) is 25.9 Å². The normalized spacial score (nSPS) is 11.8. The van der Waals surface area contributed by atoms with Crippen molar-refractivity contribution in [2.45, 2.75) is 40.0 Å². The summed E-state index contributed by atoms with van der Waals surface area (Å²) in [4.78, 5) is 2.18. The summed E-state index contributed by atoms with van der Waals surface area (Å²) in [5, 5.41) is 4.08. The highest BCUT2D eigenvalue weighted by atomic mass is 16.5. The van der Waals surface area contributed by atoms with Crippen molar-refractivity contribution in [3.63, 3.8) is 0 Å². The first kappa shape index (κ1) is 11.1. The van der Waals surface area contributed by atoms with Crippen LogP contribution in [-0.2, 0) is 5.41 Å². The monoisotopic (exact) mass is 196 g/mol. The van der Waals surface area contributed by atoms with E-state index in [9.17, 15) is 0 Å². The average Bonchev–Trinajstić information content (AvgIpc) is 2.54. The van der Waals surface area contributed by atoms with Crippen molar-refractivity contribution >= 4 is 5.82 Å². The molecule has 0 aliphatic heterocycles. The maximum Gasteiger partial charge on any atom is 0.172 e. The molecule has 0 unspecified atom stereocenters. The lowest BCUT2D eigenvalue weighted by Gasteiger charge is -2.16. The van der Waals surface area contributed by atoms with Gasteiger partial charge in [-0.05, 0) is 13.8 Å². The maximum absolute atomic E-state index is 5.32. The van der Waals surface area contributed by atoms with Gasteiger partial charge in [0.05, 0.1) is 0 Å². The van der Waals surface area contributed by atoms with E-state index in [2.05, 4.69) is 44.7 Å². The molecule has 0 radical (unpaired) electrons. The molecule has 0 saturated heterocycles. The number of anilines is 1. The molecule has 1 rings (SSSR count). The number of rotatable bonds is 3. The molecule has 0 aliphatic rings. The summed E-state index contributed by atoms with van der Waals surface area (Å²) < 4.78 is 5.32. The molecule has 3 nitrogen and oxygen atoms in total. The topological polar surface area (TPSA) is 29.3 Å². The van der Waals surface area contributed by atoms with Crippen molar-refractivity contribution in [3.05, 3.63) is 11.8 Å². The summed E-state index contributed by atoms with van der Waals surface area (Å²) >= 11 is 0. The minimum absolute atomic E-state index is 0.0401. The molecule has 0 amide bonds. The van der Waals surface area contributed by atoms with Gasteiger partial charge in [-0.15, -0.1) is 0 Å². The summed E-state index contributed by atoms with van der Waals surface area (Å²) in [5.41, 5.74) is 0.0401.